The van der Waals surface area contributed by atoms with Gasteiger partial charge < -0.3 is 0 Å². The van der Waals surface area contributed by atoms with Gasteiger partial charge in [-0.25, -0.2) is 0 Å². The van der Waals surface area contributed by atoms with E-state index in [1.165, 1.54) is 88.0 Å². The molecule has 42 heavy (non-hydrogen) atoms. The fourth-order valence-electron chi connectivity index (χ4n) is 7.48. The van der Waals surface area contributed by atoms with Crippen molar-refractivity contribution < 1.29 is 0 Å². The Kier molecular flexibility index (Phi) is 4.21. The Hall–Kier alpha value is -5.60. The van der Waals surface area contributed by atoms with Gasteiger partial charge in [-0.3, -0.25) is 9.97 Å². The van der Waals surface area contributed by atoms with Crippen molar-refractivity contribution in [3.63, 3.8) is 0 Å². The van der Waals surface area contributed by atoms with Gasteiger partial charge in [0.05, 0.1) is 0 Å². The molecule has 0 saturated heterocycles. The van der Waals surface area contributed by atoms with Crippen LogP contribution in [0, 0.1) is 0 Å². The van der Waals surface area contributed by atoms with Gasteiger partial charge in [-0.1, -0.05) is 72.8 Å². The number of fused-ring (bicyclic) bond motifs is 8. The molecule has 10 rings (SSSR count). The first kappa shape index (κ1) is 22.1. The molecule has 2 aliphatic rings. The zero-order valence-corrected chi connectivity index (χ0v) is 22.6. The Labute approximate surface area is 242 Å². The zero-order chi connectivity index (χ0) is 27.4. The summed E-state index contributed by atoms with van der Waals surface area (Å²) in [6.45, 7) is 0. The minimum atomic E-state index is 1.12. The summed E-state index contributed by atoms with van der Waals surface area (Å²) in [5, 5.41) is 7.74. The Bertz CT molecular complexity index is 2270. The van der Waals surface area contributed by atoms with Crippen LogP contribution in [0.2, 0.25) is 0 Å². The number of hydrogen-bond donors (Lipinski definition) is 0. The molecule has 2 aliphatic carbocycles. The number of nitrogens with zero attached hydrogens (tertiary/aromatic N) is 2. The topological polar surface area (TPSA) is 25.8 Å². The van der Waals surface area contributed by atoms with Gasteiger partial charge in [-0.15, -0.1) is 0 Å². The number of pyridine rings is 2. The van der Waals surface area contributed by atoms with E-state index in [9.17, 15) is 0 Å². The molecule has 2 heterocycles. The fraction of sp³-hybridized carbons (Fsp3) is 0. The van der Waals surface area contributed by atoms with E-state index < -0.39 is 0 Å². The van der Waals surface area contributed by atoms with Gasteiger partial charge >= 0.3 is 0 Å². The number of rotatable bonds is 2. The maximum atomic E-state index is 4.43. The van der Waals surface area contributed by atoms with Crippen LogP contribution in [0.1, 0.15) is 0 Å². The normalized spacial score (nSPS) is 12.3. The van der Waals surface area contributed by atoms with Crippen molar-refractivity contribution in [1.29, 1.82) is 0 Å². The molecule has 0 unspecified atom stereocenters. The van der Waals surface area contributed by atoms with E-state index in [-0.39, 0.29) is 0 Å². The molecular weight excluding hydrogens is 508 g/mol. The van der Waals surface area contributed by atoms with Crippen LogP contribution >= 0.6 is 0 Å². The van der Waals surface area contributed by atoms with Gasteiger partial charge in [0.2, 0.25) is 0 Å². The van der Waals surface area contributed by atoms with Crippen LogP contribution in [0.15, 0.2) is 134 Å². The Balaban J connectivity index is 1.27. The monoisotopic (exact) mass is 530 g/mol. The first-order valence-electron chi connectivity index (χ1n) is 14.4. The quantitative estimate of drug-likeness (QED) is 0.208. The zero-order valence-electron chi connectivity index (χ0n) is 22.6. The van der Waals surface area contributed by atoms with E-state index in [0.29, 0.717) is 0 Å². The second-order valence-electron chi connectivity index (χ2n) is 11.4. The van der Waals surface area contributed by atoms with Crippen LogP contribution in [0.4, 0.5) is 0 Å². The summed E-state index contributed by atoms with van der Waals surface area (Å²) in [6, 6.07) is 40.5. The average Bonchev–Trinajstić information content (AvgIpc) is 3.55. The molecule has 2 aromatic heterocycles. The number of aromatic nitrogens is 2. The summed E-state index contributed by atoms with van der Waals surface area (Å²) < 4.78 is 0. The minimum Gasteiger partial charge on any atom is -0.264 e. The van der Waals surface area contributed by atoms with Crippen molar-refractivity contribution in [1.82, 2.24) is 9.97 Å². The highest BCUT2D eigenvalue weighted by molar-refractivity contribution is 6.27. The van der Waals surface area contributed by atoms with Gasteiger partial charge in [0.15, 0.2) is 0 Å². The van der Waals surface area contributed by atoms with Gasteiger partial charge in [0.1, 0.15) is 0 Å². The second kappa shape index (κ2) is 7.99. The lowest BCUT2D eigenvalue weighted by Crippen LogP contribution is -1.89. The number of hydrogen-bond acceptors (Lipinski definition) is 2. The summed E-state index contributed by atoms with van der Waals surface area (Å²) in [5.74, 6) is 0. The molecule has 0 spiro atoms. The molecule has 0 fully saturated rings. The molecule has 0 atom stereocenters. The van der Waals surface area contributed by atoms with Crippen LogP contribution in [-0.4, -0.2) is 9.97 Å². The molecule has 2 nitrogen and oxygen atoms in total. The van der Waals surface area contributed by atoms with E-state index in [0.717, 1.165) is 11.1 Å². The molecule has 8 aromatic rings. The lowest BCUT2D eigenvalue weighted by molar-refractivity contribution is 1.33. The molecule has 192 valence electrons. The Morgan fingerprint density at radius 1 is 0.333 bits per heavy atom. The lowest BCUT2D eigenvalue weighted by atomic mass is 9.89. The largest absolute Gasteiger partial charge is 0.264 e. The van der Waals surface area contributed by atoms with Gasteiger partial charge in [0.25, 0.3) is 0 Å². The second-order valence-corrected chi connectivity index (χ2v) is 11.4. The van der Waals surface area contributed by atoms with Crippen LogP contribution in [0.5, 0.6) is 0 Å². The Morgan fingerprint density at radius 3 is 1.19 bits per heavy atom. The molecular formula is C40H22N2. The van der Waals surface area contributed by atoms with E-state index in [1.54, 1.807) is 0 Å². The Morgan fingerprint density at radius 2 is 0.762 bits per heavy atom. The summed E-state index contributed by atoms with van der Waals surface area (Å²) in [6.07, 6.45) is 7.58. The third-order valence-electron chi connectivity index (χ3n) is 9.30. The predicted molar refractivity (Wildman–Crippen MR) is 174 cm³/mol. The molecule has 0 aliphatic heterocycles. The van der Waals surface area contributed by atoms with Gasteiger partial charge in [-0.05, 0) is 124 Å². The summed E-state index contributed by atoms with van der Waals surface area (Å²) in [4.78, 5) is 8.85. The van der Waals surface area contributed by atoms with Crippen molar-refractivity contribution in [3.05, 3.63) is 134 Å². The molecule has 0 amide bonds. The lowest BCUT2D eigenvalue weighted by Gasteiger charge is -2.14. The van der Waals surface area contributed by atoms with Gasteiger partial charge in [-0.2, -0.15) is 0 Å². The predicted octanol–water partition coefficient (Wildman–Crippen LogP) is 10.6. The van der Waals surface area contributed by atoms with E-state index in [2.05, 4.69) is 107 Å². The standard InChI is InChI=1S/C40H22N2/c1-2-8-30-29(7-1)31-11-13-33-37-19-25-17-35-27(23-5-3-15-41-21-23)9-10-28(24-6-4-16-42-22-24)36(35)18-26(25)20-38(37)34-14-12-32(30)39(31)40(33)34/h1-22H. The summed E-state index contributed by atoms with van der Waals surface area (Å²) in [5.41, 5.74) is 15.3. The average molecular weight is 531 g/mol. The van der Waals surface area contributed by atoms with Crippen LogP contribution in [-0.2, 0) is 0 Å². The van der Waals surface area contributed by atoms with E-state index in [4.69, 9.17) is 0 Å². The van der Waals surface area contributed by atoms with E-state index in [1.807, 2.05) is 36.9 Å². The summed E-state index contributed by atoms with van der Waals surface area (Å²) >= 11 is 0. The van der Waals surface area contributed by atoms with Crippen molar-refractivity contribution in [2.24, 2.45) is 0 Å². The van der Waals surface area contributed by atoms with Crippen molar-refractivity contribution >= 4 is 32.3 Å². The molecule has 6 aromatic carbocycles. The minimum absolute atomic E-state index is 1.12. The van der Waals surface area contributed by atoms with Crippen LogP contribution < -0.4 is 0 Å². The van der Waals surface area contributed by atoms with Crippen LogP contribution in [0.3, 0.4) is 0 Å². The van der Waals surface area contributed by atoms with Gasteiger partial charge in [0, 0.05) is 35.9 Å². The van der Waals surface area contributed by atoms with Crippen molar-refractivity contribution in [2.45, 2.75) is 0 Å². The third kappa shape index (κ3) is 2.83. The highest BCUT2D eigenvalue weighted by Crippen LogP contribution is 2.56. The van der Waals surface area contributed by atoms with Crippen molar-refractivity contribution in [3.8, 4) is 66.8 Å². The molecule has 0 bridgehead atoms. The summed E-state index contributed by atoms with van der Waals surface area (Å²) in [7, 11) is 0. The SMILES string of the molecule is c1cncc(-c2ccc(-c3cccnc3)c3cc4cc5c(cc4cc23)-c2ccc3c4c(ccc-5c24)-c2ccccc2-3)c1. The van der Waals surface area contributed by atoms with E-state index >= 15 is 0 Å². The van der Waals surface area contributed by atoms with Crippen molar-refractivity contribution in [2.75, 3.05) is 0 Å². The van der Waals surface area contributed by atoms with Crippen LogP contribution in [0.25, 0.3) is 99.1 Å². The molecule has 0 radical (unpaired) electrons. The first-order chi connectivity index (χ1) is 20.8. The first-order valence-corrected chi connectivity index (χ1v) is 14.4. The molecule has 0 saturated carbocycles. The highest BCUT2D eigenvalue weighted by Gasteiger charge is 2.29. The maximum absolute atomic E-state index is 4.43. The molecule has 0 N–H and O–H groups in total. The third-order valence-corrected chi connectivity index (χ3v) is 9.30. The fourth-order valence-corrected chi connectivity index (χ4v) is 7.48. The molecule has 2 heteroatoms. The smallest absolute Gasteiger partial charge is 0.0346 e. The number of benzene rings is 6. The highest BCUT2D eigenvalue weighted by atomic mass is 14.6. The maximum Gasteiger partial charge on any atom is 0.0346 e.